The van der Waals surface area contributed by atoms with Crippen LogP contribution in [0.4, 0.5) is 15.2 Å². The minimum absolute atomic E-state index is 0.235. The second-order valence-corrected chi connectivity index (χ2v) is 6.22. The van der Waals surface area contributed by atoms with Gasteiger partial charge in [-0.05, 0) is 48.9 Å². The minimum Gasteiger partial charge on any atom is -0.331 e. The number of nitrogens with zero attached hydrogens (tertiary/aromatic N) is 1. The highest BCUT2D eigenvalue weighted by molar-refractivity contribution is 9.10. The molecule has 2 aromatic carbocycles. The molecule has 0 fully saturated rings. The smallest absolute Gasteiger partial charge is 0.188 e. The molecule has 0 aliphatic rings. The maximum absolute atomic E-state index is 13.1. The summed E-state index contributed by atoms with van der Waals surface area (Å²) in [7, 11) is 0. The quantitative estimate of drug-likeness (QED) is 0.691. The summed E-state index contributed by atoms with van der Waals surface area (Å²) in [5.41, 5.74) is 2.93. The molecule has 0 unspecified atom stereocenters. The Morgan fingerprint density at radius 1 is 1.21 bits per heavy atom. The van der Waals surface area contributed by atoms with E-state index in [0.717, 1.165) is 31.1 Å². The van der Waals surface area contributed by atoms with E-state index in [-0.39, 0.29) is 5.82 Å². The summed E-state index contributed by atoms with van der Waals surface area (Å²) in [4.78, 5) is 4.43. The van der Waals surface area contributed by atoms with Gasteiger partial charge in [0.2, 0.25) is 0 Å². The van der Waals surface area contributed by atoms with Crippen molar-refractivity contribution in [2.45, 2.75) is 6.92 Å². The first kappa shape index (κ1) is 12.6. The molecule has 0 saturated carbocycles. The van der Waals surface area contributed by atoms with Gasteiger partial charge in [0, 0.05) is 10.2 Å². The first-order valence-electron chi connectivity index (χ1n) is 5.70. The fourth-order valence-corrected chi connectivity index (χ4v) is 3.40. The Balaban J connectivity index is 1.96. The van der Waals surface area contributed by atoms with Crippen molar-refractivity contribution in [2.24, 2.45) is 0 Å². The van der Waals surface area contributed by atoms with Crippen LogP contribution in [0.1, 0.15) is 5.56 Å². The van der Waals surface area contributed by atoms with Crippen molar-refractivity contribution in [3.8, 4) is 0 Å². The average molecular weight is 337 g/mol. The SMILES string of the molecule is Cc1cc(Br)cc(Nc2nc3ccc(F)cc3s2)c1. The number of benzene rings is 2. The summed E-state index contributed by atoms with van der Waals surface area (Å²) < 4.78 is 15.0. The lowest BCUT2D eigenvalue weighted by Gasteiger charge is -2.04. The van der Waals surface area contributed by atoms with Crippen LogP contribution in [0.5, 0.6) is 0 Å². The second kappa shape index (κ2) is 4.90. The molecule has 2 nitrogen and oxygen atoms in total. The molecule has 3 rings (SSSR count). The van der Waals surface area contributed by atoms with Crippen LogP contribution in [-0.2, 0) is 0 Å². The van der Waals surface area contributed by atoms with Gasteiger partial charge in [-0.25, -0.2) is 9.37 Å². The van der Waals surface area contributed by atoms with E-state index in [2.05, 4.69) is 26.2 Å². The summed E-state index contributed by atoms with van der Waals surface area (Å²) in [5.74, 6) is -0.235. The highest BCUT2D eigenvalue weighted by atomic mass is 79.9. The lowest BCUT2D eigenvalue weighted by atomic mass is 10.2. The van der Waals surface area contributed by atoms with Gasteiger partial charge in [0.1, 0.15) is 5.82 Å². The Kier molecular flexibility index (Phi) is 3.24. The molecule has 1 aromatic heterocycles. The Morgan fingerprint density at radius 3 is 2.84 bits per heavy atom. The molecule has 0 aliphatic carbocycles. The van der Waals surface area contributed by atoms with Crippen LogP contribution >= 0.6 is 27.3 Å². The number of halogens is 2. The maximum atomic E-state index is 13.1. The molecular weight excluding hydrogens is 327 g/mol. The van der Waals surface area contributed by atoms with Gasteiger partial charge in [-0.3, -0.25) is 0 Å². The number of aryl methyl sites for hydroxylation is 1. The van der Waals surface area contributed by atoms with Gasteiger partial charge in [-0.1, -0.05) is 27.3 Å². The van der Waals surface area contributed by atoms with E-state index in [1.807, 2.05) is 25.1 Å². The molecule has 1 N–H and O–H groups in total. The van der Waals surface area contributed by atoms with Gasteiger partial charge in [0.05, 0.1) is 10.2 Å². The molecule has 0 saturated heterocycles. The second-order valence-electron chi connectivity index (χ2n) is 4.27. The lowest BCUT2D eigenvalue weighted by Crippen LogP contribution is -1.89. The third-order valence-corrected chi connectivity index (χ3v) is 4.04. The zero-order valence-electron chi connectivity index (χ0n) is 10.1. The number of fused-ring (bicyclic) bond motifs is 1. The van der Waals surface area contributed by atoms with Crippen LogP contribution < -0.4 is 5.32 Å². The van der Waals surface area contributed by atoms with Gasteiger partial charge in [-0.15, -0.1) is 0 Å². The minimum atomic E-state index is -0.235. The third-order valence-electron chi connectivity index (χ3n) is 2.64. The number of rotatable bonds is 2. The molecule has 0 aliphatic heterocycles. The van der Waals surface area contributed by atoms with Gasteiger partial charge < -0.3 is 5.32 Å². The molecular formula is C14H10BrFN2S. The summed E-state index contributed by atoms with van der Waals surface area (Å²) in [6.07, 6.45) is 0. The zero-order chi connectivity index (χ0) is 13.4. The van der Waals surface area contributed by atoms with E-state index in [4.69, 9.17) is 0 Å². The van der Waals surface area contributed by atoms with Crippen molar-refractivity contribution in [3.05, 3.63) is 52.3 Å². The van der Waals surface area contributed by atoms with Crippen LogP contribution in [-0.4, -0.2) is 4.98 Å². The van der Waals surface area contributed by atoms with Gasteiger partial charge >= 0.3 is 0 Å². The summed E-state index contributed by atoms with van der Waals surface area (Å²) in [6, 6.07) is 10.7. The predicted molar refractivity (Wildman–Crippen MR) is 81.7 cm³/mol. The number of nitrogens with one attached hydrogen (secondary N) is 1. The first-order chi connectivity index (χ1) is 9.10. The van der Waals surface area contributed by atoms with Crippen LogP contribution in [0.2, 0.25) is 0 Å². The van der Waals surface area contributed by atoms with Crippen molar-refractivity contribution >= 4 is 48.3 Å². The van der Waals surface area contributed by atoms with E-state index in [1.165, 1.54) is 23.5 Å². The Bertz CT molecular complexity index is 734. The number of aromatic nitrogens is 1. The van der Waals surface area contributed by atoms with Crippen molar-refractivity contribution < 1.29 is 4.39 Å². The largest absolute Gasteiger partial charge is 0.331 e. The van der Waals surface area contributed by atoms with Gasteiger partial charge in [0.15, 0.2) is 5.13 Å². The summed E-state index contributed by atoms with van der Waals surface area (Å²) in [6.45, 7) is 2.03. The molecule has 0 amide bonds. The lowest BCUT2D eigenvalue weighted by molar-refractivity contribution is 0.630. The van der Waals surface area contributed by atoms with E-state index in [1.54, 1.807) is 6.07 Å². The molecule has 0 spiro atoms. The topological polar surface area (TPSA) is 24.9 Å². The molecule has 0 radical (unpaired) electrons. The third kappa shape index (κ3) is 2.77. The van der Waals surface area contributed by atoms with Crippen molar-refractivity contribution in [1.82, 2.24) is 4.98 Å². The predicted octanol–water partition coefficient (Wildman–Crippen LogP) is 5.25. The molecule has 5 heteroatoms. The fraction of sp³-hybridized carbons (Fsp3) is 0.0714. The van der Waals surface area contributed by atoms with Crippen molar-refractivity contribution in [2.75, 3.05) is 5.32 Å². The van der Waals surface area contributed by atoms with Crippen molar-refractivity contribution in [1.29, 1.82) is 0 Å². The number of hydrogen-bond donors (Lipinski definition) is 1. The van der Waals surface area contributed by atoms with Crippen LogP contribution in [0, 0.1) is 12.7 Å². The highest BCUT2D eigenvalue weighted by Gasteiger charge is 2.05. The molecule has 1 heterocycles. The monoisotopic (exact) mass is 336 g/mol. The molecule has 19 heavy (non-hydrogen) atoms. The summed E-state index contributed by atoms with van der Waals surface area (Å²) in [5, 5.41) is 4.01. The van der Waals surface area contributed by atoms with E-state index < -0.39 is 0 Å². The first-order valence-corrected chi connectivity index (χ1v) is 7.31. The van der Waals surface area contributed by atoms with E-state index >= 15 is 0 Å². The Morgan fingerprint density at radius 2 is 2.05 bits per heavy atom. The zero-order valence-corrected chi connectivity index (χ0v) is 12.5. The Hall–Kier alpha value is -1.46. The standard InChI is InChI=1S/C14H10BrFN2S/c1-8-4-9(15)6-11(5-8)17-14-18-12-3-2-10(16)7-13(12)19-14/h2-7H,1H3,(H,17,18). The van der Waals surface area contributed by atoms with Crippen LogP contribution in [0.25, 0.3) is 10.2 Å². The molecule has 0 bridgehead atoms. The number of thiazole rings is 1. The molecule has 96 valence electrons. The van der Waals surface area contributed by atoms with Gasteiger partial charge in [-0.2, -0.15) is 0 Å². The number of anilines is 2. The molecule has 3 aromatic rings. The van der Waals surface area contributed by atoms with E-state index in [9.17, 15) is 4.39 Å². The average Bonchev–Trinajstić information content (AvgIpc) is 2.68. The fourth-order valence-electron chi connectivity index (χ4n) is 1.88. The summed E-state index contributed by atoms with van der Waals surface area (Å²) >= 11 is 4.90. The highest BCUT2D eigenvalue weighted by Crippen LogP contribution is 2.30. The Labute approximate surface area is 122 Å². The number of hydrogen-bond acceptors (Lipinski definition) is 3. The van der Waals surface area contributed by atoms with Crippen molar-refractivity contribution in [3.63, 3.8) is 0 Å². The van der Waals surface area contributed by atoms with E-state index in [0.29, 0.717) is 0 Å². The normalized spacial score (nSPS) is 10.9. The van der Waals surface area contributed by atoms with Crippen LogP contribution in [0.3, 0.4) is 0 Å². The van der Waals surface area contributed by atoms with Gasteiger partial charge in [0.25, 0.3) is 0 Å². The molecule has 0 atom stereocenters. The van der Waals surface area contributed by atoms with Crippen LogP contribution in [0.15, 0.2) is 40.9 Å². The maximum Gasteiger partial charge on any atom is 0.188 e.